The summed E-state index contributed by atoms with van der Waals surface area (Å²) in [4.78, 5) is 67.6. The highest BCUT2D eigenvalue weighted by molar-refractivity contribution is 6.05. The number of nitrogens with one attached hydrogen (secondary N) is 1. The Morgan fingerprint density at radius 1 is 0.867 bits per heavy atom. The van der Waals surface area contributed by atoms with E-state index in [1.807, 2.05) is 60.7 Å². The van der Waals surface area contributed by atoms with E-state index in [4.69, 9.17) is 28.6 Å². The Morgan fingerprint density at radius 2 is 1.53 bits per heavy atom. The van der Waals surface area contributed by atoms with Gasteiger partial charge < -0.3 is 23.9 Å². The maximum Gasteiger partial charge on any atom is 0.412 e. The van der Waals surface area contributed by atoms with E-state index < -0.39 is 48.0 Å². The van der Waals surface area contributed by atoms with Crippen LogP contribution in [0.5, 0.6) is 0 Å². The average molecular weight is 802 g/mol. The molecule has 0 radical (unpaired) electrons. The fraction of sp³-hybridized carbons (Fsp3) is 0.234. The van der Waals surface area contributed by atoms with Crippen LogP contribution in [0.15, 0.2) is 137 Å². The molecule has 0 bridgehead atoms. The van der Waals surface area contributed by atoms with Crippen molar-refractivity contribution in [1.29, 1.82) is 0 Å². The summed E-state index contributed by atoms with van der Waals surface area (Å²) in [5.74, 6) is -0.950. The number of carbonyl (C=O) groups is 4. The van der Waals surface area contributed by atoms with Crippen LogP contribution in [0.1, 0.15) is 60.4 Å². The lowest BCUT2D eigenvalue weighted by molar-refractivity contribution is -0.154. The lowest BCUT2D eigenvalue weighted by Gasteiger charge is -2.35. The van der Waals surface area contributed by atoms with Gasteiger partial charge in [-0.1, -0.05) is 109 Å². The molecule has 1 N–H and O–H groups in total. The summed E-state index contributed by atoms with van der Waals surface area (Å²) in [5.41, 5.74) is 5.54. The van der Waals surface area contributed by atoms with E-state index in [0.29, 0.717) is 22.2 Å². The van der Waals surface area contributed by atoms with Crippen LogP contribution in [-0.4, -0.2) is 58.8 Å². The second-order valence-corrected chi connectivity index (χ2v) is 15.4. The maximum absolute atomic E-state index is 14.0. The number of anilines is 1. The number of fused-ring (bicyclic) bond motifs is 9. The van der Waals surface area contributed by atoms with Crippen molar-refractivity contribution in [3.8, 4) is 11.1 Å². The fourth-order valence-electron chi connectivity index (χ4n) is 9.12. The number of carbonyl (C=O) groups excluding carboxylic acids is 4. The van der Waals surface area contributed by atoms with Crippen molar-refractivity contribution in [2.75, 3.05) is 11.5 Å². The molecule has 2 fully saturated rings. The number of para-hydroxylation sites is 2. The summed E-state index contributed by atoms with van der Waals surface area (Å²) in [6.45, 7) is 3.49. The van der Waals surface area contributed by atoms with E-state index >= 15 is 0 Å². The SMILES string of the molecule is C[C@H](NC(=O)OCC1c2ccccc2-c2ccccc21)c1nc2ccccc2c(=N[C@@H]2C[C@]3(OC2=O)c2ccccc2N2C(=O)[C@H](C)N(C(=O)OCc4ccccc4)[C@@H]23)o1. The van der Waals surface area contributed by atoms with E-state index in [1.165, 1.54) is 9.80 Å². The molecule has 3 aliphatic heterocycles. The fourth-order valence-corrected chi connectivity index (χ4v) is 9.12. The second kappa shape index (κ2) is 14.5. The molecule has 1 aliphatic carbocycles. The zero-order chi connectivity index (χ0) is 41.1. The molecular formula is C47H39N5O8. The highest BCUT2D eigenvalue weighted by Gasteiger charge is 2.68. The molecule has 6 aromatic rings. The predicted octanol–water partition coefficient (Wildman–Crippen LogP) is 7.25. The van der Waals surface area contributed by atoms with Gasteiger partial charge >= 0.3 is 18.2 Å². The normalized spacial score (nSPS) is 22.0. The number of amides is 3. The van der Waals surface area contributed by atoms with Gasteiger partial charge in [-0.05, 0) is 59.9 Å². The van der Waals surface area contributed by atoms with Crippen LogP contribution in [0.3, 0.4) is 0 Å². The monoisotopic (exact) mass is 801 g/mol. The van der Waals surface area contributed by atoms with Gasteiger partial charge in [0.1, 0.15) is 25.3 Å². The van der Waals surface area contributed by atoms with Crippen LogP contribution in [0.25, 0.3) is 22.0 Å². The molecule has 0 saturated carbocycles. The summed E-state index contributed by atoms with van der Waals surface area (Å²) in [5, 5.41) is 3.38. The number of alkyl carbamates (subject to hydrolysis) is 1. The van der Waals surface area contributed by atoms with Gasteiger partial charge in [-0.25, -0.2) is 24.4 Å². The van der Waals surface area contributed by atoms with Gasteiger partial charge in [0.15, 0.2) is 17.8 Å². The van der Waals surface area contributed by atoms with E-state index in [9.17, 15) is 19.2 Å². The second-order valence-electron chi connectivity index (χ2n) is 15.4. The summed E-state index contributed by atoms with van der Waals surface area (Å²) >= 11 is 0. The average Bonchev–Trinajstić information content (AvgIpc) is 3.95. The Kier molecular flexibility index (Phi) is 8.96. The standard InChI is InChI=1S/C47H39N5O8/c1-27(48-45(55)57-26-35-32-18-8-6-16-30(32)31-17-7-9-19-33(31)35)40-49-37-22-12-10-20-34(37)41(59-40)50-38-24-47(60-43(38)54)36-21-11-13-23-39(36)52-42(53)28(2)51(44(47)52)46(56)58-25-29-14-4-3-5-15-29/h3-23,27-28,35,38,44H,24-26H2,1-2H3,(H,48,55)/t27-,28-,38+,44-,47-/m0/s1. The molecule has 13 heteroatoms. The van der Waals surface area contributed by atoms with Gasteiger partial charge in [-0.15, -0.1) is 0 Å². The Bertz CT molecular complexity index is 2740. The third-order valence-electron chi connectivity index (χ3n) is 11.9. The number of aromatic nitrogens is 1. The first-order chi connectivity index (χ1) is 29.2. The van der Waals surface area contributed by atoms with Crippen molar-refractivity contribution in [2.45, 2.75) is 62.7 Å². The van der Waals surface area contributed by atoms with E-state index in [2.05, 4.69) is 29.6 Å². The molecule has 2 saturated heterocycles. The number of benzene rings is 5. The zero-order valence-corrected chi connectivity index (χ0v) is 32.7. The molecule has 10 rings (SSSR count). The van der Waals surface area contributed by atoms with Crippen LogP contribution >= 0.6 is 0 Å². The van der Waals surface area contributed by atoms with Crippen molar-refractivity contribution in [3.63, 3.8) is 0 Å². The Balaban J connectivity index is 0.929. The van der Waals surface area contributed by atoms with E-state index in [-0.39, 0.29) is 42.9 Å². The van der Waals surface area contributed by atoms with Gasteiger partial charge in [0, 0.05) is 17.9 Å². The number of hydrogen-bond donors (Lipinski definition) is 1. The van der Waals surface area contributed by atoms with Crippen molar-refractivity contribution in [1.82, 2.24) is 15.2 Å². The van der Waals surface area contributed by atoms with Gasteiger partial charge in [0.05, 0.1) is 16.6 Å². The molecule has 5 atom stereocenters. The van der Waals surface area contributed by atoms with Crippen LogP contribution in [0, 0.1) is 0 Å². The summed E-state index contributed by atoms with van der Waals surface area (Å²) in [6.07, 6.45) is -2.39. The van der Waals surface area contributed by atoms with Crippen LogP contribution in [-0.2, 0) is 36.0 Å². The van der Waals surface area contributed by atoms with Crippen LogP contribution in [0.4, 0.5) is 15.3 Å². The number of esters is 1. The molecular weight excluding hydrogens is 763 g/mol. The van der Waals surface area contributed by atoms with Gasteiger partial charge in [0.25, 0.3) is 5.91 Å². The Morgan fingerprint density at radius 3 is 2.30 bits per heavy atom. The van der Waals surface area contributed by atoms with Crippen molar-refractivity contribution in [3.05, 3.63) is 161 Å². The zero-order valence-electron chi connectivity index (χ0n) is 32.7. The first-order valence-electron chi connectivity index (χ1n) is 19.9. The molecule has 60 heavy (non-hydrogen) atoms. The highest BCUT2D eigenvalue weighted by atomic mass is 16.6. The molecule has 4 aliphatic rings. The third kappa shape index (κ3) is 5.99. The summed E-state index contributed by atoms with van der Waals surface area (Å²) < 4.78 is 24.2. The molecule has 5 aromatic carbocycles. The highest BCUT2D eigenvalue weighted by Crippen LogP contribution is 2.56. The predicted molar refractivity (Wildman–Crippen MR) is 218 cm³/mol. The van der Waals surface area contributed by atoms with E-state index in [1.54, 1.807) is 56.3 Å². The van der Waals surface area contributed by atoms with Crippen LogP contribution in [0.2, 0.25) is 0 Å². The number of nitrogens with zero attached hydrogens (tertiary/aromatic N) is 4. The Labute approximate surface area is 344 Å². The topological polar surface area (TPSA) is 153 Å². The number of ether oxygens (including phenoxy) is 3. The largest absolute Gasteiger partial charge is 0.449 e. The van der Waals surface area contributed by atoms with E-state index in [0.717, 1.165) is 27.8 Å². The lowest BCUT2D eigenvalue weighted by atomic mass is 9.88. The Hall–Kier alpha value is -7.28. The minimum atomic E-state index is -1.46. The summed E-state index contributed by atoms with van der Waals surface area (Å²) in [7, 11) is 0. The summed E-state index contributed by atoms with van der Waals surface area (Å²) in [6, 6.07) is 37.1. The lowest BCUT2D eigenvalue weighted by Crippen LogP contribution is -2.53. The first-order valence-corrected chi connectivity index (χ1v) is 19.9. The molecule has 300 valence electrons. The smallest absolute Gasteiger partial charge is 0.412 e. The van der Waals surface area contributed by atoms with Crippen molar-refractivity contribution in [2.24, 2.45) is 4.99 Å². The quantitative estimate of drug-likeness (QED) is 0.130. The molecule has 13 nitrogen and oxygen atoms in total. The number of hydrogen-bond acceptors (Lipinski definition) is 10. The van der Waals surface area contributed by atoms with Gasteiger partial charge in [0.2, 0.25) is 11.4 Å². The number of rotatable bonds is 7. The van der Waals surface area contributed by atoms with Gasteiger partial charge in [-0.2, -0.15) is 0 Å². The molecule has 0 unspecified atom stereocenters. The van der Waals surface area contributed by atoms with Crippen molar-refractivity contribution < 1.29 is 37.8 Å². The molecule has 1 aromatic heterocycles. The minimum Gasteiger partial charge on any atom is -0.449 e. The molecule has 4 heterocycles. The van der Waals surface area contributed by atoms with Crippen LogP contribution < -0.4 is 15.8 Å². The maximum atomic E-state index is 14.0. The third-order valence-corrected chi connectivity index (χ3v) is 11.9. The van der Waals surface area contributed by atoms with Crippen molar-refractivity contribution >= 4 is 40.7 Å². The minimum absolute atomic E-state index is 0.00493. The molecule has 3 amide bonds. The molecule has 1 spiro atoms. The van der Waals surface area contributed by atoms with Gasteiger partial charge in [-0.3, -0.25) is 14.6 Å². The first kappa shape index (κ1) is 37.0.